The zero-order chi connectivity index (χ0) is 39.1. The number of aliphatic hydroxyl groups is 4. The fourth-order valence-corrected chi connectivity index (χ4v) is 11.2. The number of fused-ring (bicyclic) bond motifs is 5. The summed E-state index contributed by atoms with van der Waals surface area (Å²) in [7, 11) is 0. The van der Waals surface area contributed by atoms with Gasteiger partial charge in [0.05, 0.1) is 30.0 Å². The monoisotopic (exact) mass is 732 g/mol. The molecule has 0 spiro atoms. The van der Waals surface area contributed by atoms with E-state index in [4.69, 9.17) is 18.9 Å². The van der Waals surface area contributed by atoms with Crippen molar-refractivity contribution in [2.75, 3.05) is 0 Å². The first-order chi connectivity index (χ1) is 23.7. The number of carbonyl (C=O) groups excluding carboxylic acids is 4. The molecule has 12 nitrogen and oxygen atoms in total. The molecule has 0 aromatic rings. The van der Waals surface area contributed by atoms with Crippen molar-refractivity contribution in [1.29, 1.82) is 0 Å². The highest BCUT2D eigenvalue weighted by Crippen LogP contribution is 2.74. The fourth-order valence-electron chi connectivity index (χ4n) is 11.2. The molecule has 3 saturated carbocycles. The third kappa shape index (κ3) is 6.53. The molecule has 1 heterocycles. The van der Waals surface area contributed by atoms with Crippen molar-refractivity contribution in [3.8, 4) is 0 Å². The van der Waals surface area contributed by atoms with Crippen molar-refractivity contribution >= 4 is 23.5 Å². The quantitative estimate of drug-likeness (QED) is 0.161. The summed E-state index contributed by atoms with van der Waals surface area (Å²) < 4.78 is 24.3. The molecular formula is C40H60O12. The number of hydrogen-bond donors (Lipinski definition) is 4. The smallest absolute Gasteiger partial charge is 0.303 e. The standard InChI is InChI=1S/C40H60O12/c1-20-16-26(50-21(2)41)31(51-22(3)42)34(49-20)52-27-18-37(8)28-13-12-23-24(17-25(43)33(46)36(23,6)7)39(28,10)30(45)19-38(37,9)32(27)40(11,48)29(44)14-15-35(4,5)47/h12,14-15,20,24-28,31-34,43,46-48H,13,16-19H2,1-11H3/b15-14+/t20-,24+,25-,26-,27+,28-,31-,32-,33-,34-,37-,38+,39-,40-/m0/s1. The second-order valence-corrected chi connectivity index (χ2v) is 18.3. The van der Waals surface area contributed by atoms with Gasteiger partial charge in [-0.1, -0.05) is 52.3 Å². The lowest BCUT2D eigenvalue weighted by atomic mass is 9.38. The molecule has 1 aliphatic heterocycles. The molecule has 5 rings (SSSR count). The van der Waals surface area contributed by atoms with Crippen LogP contribution in [0.15, 0.2) is 23.8 Å². The summed E-state index contributed by atoms with van der Waals surface area (Å²) >= 11 is 0. The molecule has 5 aliphatic rings. The average Bonchev–Trinajstić information content (AvgIpc) is 3.22. The maximum Gasteiger partial charge on any atom is 0.303 e. The largest absolute Gasteiger partial charge is 0.458 e. The van der Waals surface area contributed by atoms with Crippen molar-refractivity contribution in [3.05, 3.63) is 23.8 Å². The number of esters is 2. The van der Waals surface area contributed by atoms with E-state index < -0.39 is 99.4 Å². The van der Waals surface area contributed by atoms with Gasteiger partial charge < -0.3 is 39.4 Å². The Bertz CT molecular complexity index is 1520. The number of carbonyl (C=O) groups is 4. The lowest BCUT2D eigenvalue weighted by Gasteiger charge is -2.65. The molecule has 14 atom stereocenters. The van der Waals surface area contributed by atoms with Crippen molar-refractivity contribution in [2.45, 2.75) is 162 Å². The minimum atomic E-state index is -2.11. The van der Waals surface area contributed by atoms with Crippen LogP contribution in [0.25, 0.3) is 0 Å². The normalized spacial score (nSPS) is 44.1. The predicted molar refractivity (Wildman–Crippen MR) is 188 cm³/mol. The Morgan fingerprint density at radius 1 is 0.942 bits per heavy atom. The van der Waals surface area contributed by atoms with E-state index in [1.165, 1.54) is 40.7 Å². The van der Waals surface area contributed by atoms with Gasteiger partial charge in [0.25, 0.3) is 0 Å². The number of allylic oxidation sites excluding steroid dienone is 1. The highest BCUT2D eigenvalue weighted by atomic mass is 16.7. The molecule has 52 heavy (non-hydrogen) atoms. The molecule has 4 fully saturated rings. The Hall–Kier alpha value is -2.48. The molecular weight excluding hydrogens is 672 g/mol. The van der Waals surface area contributed by atoms with Gasteiger partial charge in [-0.25, -0.2) is 0 Å². The van der Waals surface area contributed by atoms with Crippen LogP contribution >= 0.6 is 0 Å². The Kier molecular flexibility index (Phi) is 10.5. The van der Waals surface area contributed by atoms with E-state index in [1.54, 1.807) is 6.92 Å². The molecule has 4 N–H and O–H groups in total. The Balaban J connectivity index is 1.64. The van der Waals surface area contributed by atoms with Gasteiger partial charge in [0.15, 0.2) is 18.2 Å². The number of Topliss-reactive ketones (excluding diaryl/α,β-unsaturated/α-hetero) is 1. The van der Waals surface area contributed by atoms with Crippen LogP contribution < -0.4 is 0 Å². The van der Waals surface area contributed by atoms with Crippen LogP contribution in [-0.4, -0.2) is 98.0 Å². The van der Waals surface area contributed by atoms with Gasteiger partial charge in [-0.3, -0.25) is 19.2 Å². The van der Waals surface area contributed by atoms with E-state index in [1.807, 2.05) is 27.7 Å². The topological polar surface area (TPSA) is 186 Å². The number of hydrogen-bond acceptors (Lipinski definition) is 12. The third-order valence-electron chi connectivity index (χ3n) is 13.8. The summed E-state index contributed by atoms with van der Waals surface area (Å²) in [6.45, 7) is 18.5. The molecule has 292 valence electrons. The number of ether oxygens (including phenoxy) is 4. The van der Waals surface area contributed by atoms with Crippen LogP contribution in [0.5, 0.6) is 0 Å². The molecule has 0 aromatic heterocycles. The first-order valence-corrected chi connectivity index (χ1v) is 18.7. The molecule has 0 aromatic carbocycles. The number of rotatable bonds is 8. The van der Waals surface area contributed by atoms with Gasteiger partial charge in [0, 0.05) is 43.4 Å². The predicted octanol–water partition coefficient (Wildman–Crippen LogP) is 3.74. The molecule has 0 amide bonds. The zero-order valence-corrected chi connectivity index (χ0v) is 32.6. The minimum Gasteiger partial charge on any atom is -0.458 e. The third-order valence-corrected chi connectivity index (χ3v) is 13.8. The van der Waals surface area contributed by atoms with Crippen molar-refractivity contribution < 1.29 is 58.6 Å². The van der Waals surface area contributed by atoms with E-state index in [0.717, 1.165) is 11.6 Å². The van der Waals surface area contributed by atoms with E-state index >= 15 is 0 Å². The van der Waals surface area contributed by atoms with Gasteiger partial charge in [0.2, 0.25) is 0 Å². The molecule has 4 aliphatic carbocycles. The van der Waals surface area contributed by atoms with E-state index in [2.05, 4.69) is 13.0 Å². The summed E-state index contributed by atoms with van der Waals surface area (Å²) in [5.74, 6) is -3.59. The Labute approximate surface area is 307 Å². The second kappa shape index (κ2) is 13.4. The van der Waals surface area contributed by atoms with Crippen LogP contribution in [-0.2, 0) is 38.1 Å². The molecule has 1 saturated heterocycles. The average molecular weight is 733 g/mol. The van der Waals surface area contributed by atoms with E-state index in [0.29, 0.717) is 6.42 Å². The van der Waals surface area contributed by atoms with Gasteiger partial charge >= 0.3 is 11.9 Å². The van der Waals surface area contributed by atoms with Gasteiger partial charge in [-0.2, -0.15) is 0 Å². The maximum absolute atomic E-state index is 14.9. The van der Waals surface area contributed by atoms with Crippen LogP contribution in [0.1, 0.15) is 108 Å². The summed E-state index contributed by atoms with van der Waals surface area (Å²) in [6.07, 6.45) is -0.889. The van der Waals surface area contributed by atoms with E-state index in [9.17, 15) is 39.6 Å². The van der Waals surface area contributed by atoms with Gasteiger partial charge in [0.1, 0.15) is 17.5 Å². The lowest BCUT2D eigenvalue weighted by Crippen LogP contribution is -2.65. The number of aliphatic hydroxyl groups excluding tert-OH is 2. The SMILES string of the molecule is CC(=O)O[C@@H]1[C@H](O[C@@H]2C[C@@]3(C)[C@@H]4CC=C5[C@@H](C[C@H](O)[C@H](O)C5(C)C)[C@]4(C)C(=O)C[C@]3(C)[C@H]2[C@@](C)(O)C(=O)/C=C/C(C)(C)O)O[C@@H](C)C[C@@H]1OC(C)=O. The Morgan fingerprint density at radius 2 is 1.56 bits per heavy atom. The van der Waals surface area contributed by atoms with Crippen molar-refractivity contribution in [2.24, 2.45) is 39.4 Å². The summed E-state index contributed by atoms with van der Waals surface area (Å²) in [5, 5.41) is 44.9. The number of ketones is 2. The van der Waals surface area contributed by atoms with Crippen molar-refractivity contribution in [3.63, 3.8) is 0 Å². The van der Waals surface area contributed by atoms with Crippen molar-refractivity contribution in [1.82, 2.24) is 0 Å². The van der Waals surface area contributed by atoms with Gasteiger partial charge in [-0.05, 0) is 75.7 Å². The van der Waals surface area contributed by atoms with E-state index in [-0.39, 0.29) is 43.3 Å². The highest BCUT2D eigenvalue weighted by Gasteiger charge is 2.75. The molecule has 12 heteroatoms. The van der Waals surface area contributed by atoms with Crippen LogP contribution in [0.3, 0.4) is 0 Å². The summed E-state index contributed by atoms with van der Waals surface area (Å²) in [4.78, 5) is 53.4. The Morgan fingerprint density at radius 3 is 2.13 bits per heavy atom. The van der Waals surface area contributed by atoms with Crippen LogP contribution in [0, 0.1) is 39.4 Å². The molecule has 0 bridgehead atoms. The van der Waals surface area contributed by atoms with Crippen LogP contribution in [0.2, 0.25) is 0 Å². The minimum absolute atomic E-state index is 0.00606. The highest BCUT2D eigenvalue weighted by molar-refractivity contribution is 5.97. The second-order valence-electron chi connectivity index (χ2n) is 18.3. The first kappa shape index (κ1) is 40.7. The van der Waals surface area contributed by atoms with Crippen LogP contribution in [0.4, 0.5) is 0 Å². The molecule has 0 radical (unpaired) electrons. The van der Waals surface area contributed by atoms with Gasteiger partial charge in [-0.15, -0.1) is 0 Å². The fraction of sp³-hybridized carbons (Fsp3) is 0.800. The maximum atomic E-state index is 14.9. The summed E-state index contributed by atoms with van der Waals surface area (Å²) in [6, 6.07) is 0. The summed E-state index contributed by atoms with van der Waals surface area (Å²) in [5.41, 5.74) is -5.96. The zero-order valence-electron chi connectivity index (χ0n) is 32.6. The molecule has 0 unspecified atom stereocenters. The first-order valence-electron chi connectivity index (χ1n) is 18.7. The lowest BCUT2D eigenvalue weighted by molar-refractivity contribution is -0.292.